The molecule has 0 amide bonds. The van der Waals surface area contributed by atoms with Crippen molar-refractivity contribution in [3.8, 4) is 0 Å². The van der Waals surface area contributed by atoms with Crippen LogP contribution in [0.15, 0.2) is 24.3 Å². The van der Waals surface area contributed by atoms with Crippen molar-refractivity contribution in [2.45, 2.75) is 58.3 Å². The van der Waals surface area contributed by atoms with Crippen LogP contribution in [-0.4, -0.2) is 25.2 Å². The van der Waals surface area contributed by atoms with Crippen molar-refractivity contribution < 1.29 is 19.1 Å². The second kappa shape index (κ2) is 12.8. The fraction of sp³-hybridized carbons (Fsp3) is 0.579. The van der Waals surface area contributed by atoms with Gasteiger partial charge in [0.2, 0.25) is 0 Å². The molecule has 4 nitrogen and oxygen atoms in total. The number of esters is 2. The summed E-state index contributed by atoms with van der Waals surface area (Å²) in [7, 11) is 0. The second-order valence-electron chi connectivity index (χ2n) is 5.74. The largest absolute Gasteiger partial charge is 0.466 e. The number of ether oxygens (including phenoxy) is 2. The number of benzene rings is 1. The fourth-order valence-corrected chi connectivity index (χ4v) is 2.43. The van der Waals surface area contributed by atoms with Crippen molar-refractivity contribution in [3.63, 3.8) is 0 Å². The van der Waals surface area contributed by atoms with Gasteiger partial charge in [0, 0.05) is 11.4 Å². The molecular formula is C19H27ClO4. The summed E-state index contributed by atoms with van der Waals surface area (Å²) in [5, 5.41) is 0.663. The molecule has 0 bridgehead atoms. The zero-order valence-corrected chi connectivity index (χ0v) is 15.1. The van der Waals surface area contributed by atoms with E-state index in [2.05, 4.69) is 6.92 Å². The van der Waals surface area contributed by atoms with Crippen LogP contribution in [0.1, 0.15) is 57.4 Å². The highest BCUT2D eigenvalue weighted by molar-refractivity contribution is 6.30. The molecule has 0 aliphatic carbocycles. The number of carbonyl (C=O) groups excluding carboxylic acids is 2. The maximum atomic E-state index is 11.6. The van der Waals surface area contributed by atoms with Crippen molar-refractivity contribution in [2.24, 2.45) is 0 Å². The maximum Gasteiger partial charge on any atom is 0.306 e. The number of rotatable bonds is 12. The van der Waals surface area contributed by atoms with Crippen molar-refractivity contribution in [3.05, 3.63) is 34.9 Å². The predicted octanol–water partition coefficient (Wildman–Crippen LogP) is 4.72. The lowest BCUT2D eigenvalue weighted by Gasteiger charge is -2.06. The Kier molecular flexibility index (Phi) is 10.9. The molecule has 5 heteroatoms. The van der Waals surface area contributed by atoms with Gasteiger partial charge in [-0.05, 0) is 24.1 Å². The third-order valence-electron chi connectivity index (χ3n) is 3.59. The smallest absolute Gasteiger partial charge is 0.306 e. The first-order chi connectivity index (χ1) is 11.6. The van der Waals surface area contributed by atoms with Crippen LogP contribution < -0.4 is 0 Å². The van der Waals surface area contributed by atoms with Crippen LogP contribution in [0, 0.1) is 0 Å². The number of hydrogen-bond acceptors (Lipinski definition) is 4. The van der Waals surface area contributed by atoms with Gasteiger partial charge in [0.15, 0.2) is 0 Å². The first-order valence-corrected chi connectivity index (χ1v) is 9.05. The Bertz CT molecular complexity index is 502. The predicted molar refractivity (Wildman–Crippen MR) is 95.1 cm³/mol. The van der Waals surface area contributed by atoms with E-state index in [0.717, 1.165) is 18.4 Å². The SMILES string of the molecule is CCCCCCCOC(=O)CCC(=O)OCCc1cccc(Cl)c1. The van der Waals surface area contributed by atoms with Gasteiger partial charge in [-0.3, -0.25) is 9.59 Å². The van der Waals surface area contributed by atoms with E-state index in [1.54, 1.807) is 6.07 Å². The summed E-state index contributed by atoms with van der Waals surface area (Å²) in [4.78, 5) is 23.1. The average Bonchev–Trinajstić information content (AvgIpc) is 2.56. The van der Waals surface area contributed by atoms with E-state index in [1.165, 1.54) is 19.3 Å². The molecule has 1 aromatic carbocycles. The summed E-state index contributed by atoms with van der Waals surface area (Å²) < 4.78 is 10.2. The minimum Gasteiger partial charge on any atom is -0.466 e. The highest BCUT2D eigenvalue weighted by Gasteiger charge is 2.09. The molecule has 0 heterocycles. The van der Waals surface area contributed by atoms with Crippen LogP contribution in [-0.2, 0) is 25.5 Å². The van der Waals surface area contributed by atoms with Gasteiger partial charge in [0.1, 0.15) is 0 Å². The van der Waals surface area contributed by atoms with Crippen LogP contribution in [0.4, 0.5) is 0 Å². The summed E-state index contributed by atoms with van der Waals surface area (Å²) in [5.74, 6) is -0.714. The van der Waals surface area contributed by atoms with E-state index in [0.29, 0.717) is 18.1 Å². The number of carbonyl (C=O) groups is 2. The standard InChI is InChI=1S/C19H27ClO4/c1-2-3-4-5-6-13-23-18(21)10-11-19(22)24-14-12-16-8-7-9-17(20)15-16/h7-9,15H,2-6,10-14H2,1H3. The molecular weight excluding hydrogens is 328 g/mol. The first-order valence-electron chi connectivity index (χ1n) is 8.67. The molecule has 0 aromatic heterocycles. The maximum absolute atomic E-state index is 11.6. The summed E-state index contributed by atoms with van der Waals surface area (Å²) in [6, 6.07) is 7.43. The quantitative estimate of drug-likeness (QED) is 0.402. The monoisotopic (exact) mass is 354 g/mol. The Morgan fingerprint density at radius 3 is 2.29 bits per heavy atom. The zero-order valence-electron chi connectivity index (χ0n) is 14.4. The van der Waals surface area contributed by atoms with Gasteiger partial charge < -0.3 is 9.47 Å². The van der Waals surface area contributed by atoms with E-state index in [-0.39, 0.29) is 31.4 Å². The van der Waals surface area contributed by atoms with Crippen molar-refractivity contribution in [1.29, 1.82) is 0 Å². The molecule has 0 radical (unpaired) electrons. The van der Waals surface area contributed by atoms with Crippen LogP contribution >= 0.6 is 11.6 Å². The molecule has 1 rings (SSSR count). The highest BCUT2D eigenvalue weighted by Crippen LogP contribution is 2.11. The third kappa shape index (κ3) is 10.3. The van der Waals surface area contributed by atoms with Gasteiger partial charge >= 0.3 is 11.9 Å². The summed E-state index contributed by atoms with van der Waals surface area (Å²) in [6.07, 6.45) is 6.29. The number of unbranched alkanes of at least 4 members (excludes halogenated alkanes) is 4. The number of hydrogen-bond donors (Lipinski definition) is 0. The van der Waals surface area contributed by atoms with E-state index >= 15 is 0 Å². The lowest BCUT2D eigenvalue weighted by Crippen LogP contribution is -2.12. The Labute approximate surface area is 149 Å². The molecule has 0 saturated heterocycles. The van der Waals surface area contributed by atoms with Crippen LogP contribution in [0.3, 0.4) is 0 Å². The lowest BCUT2D eigenvalue weighted by atomic mass is 10.2. The summed E-state index contributed by atoms with van der Waals surface area (Å²) in [5.41, 5.74) is 1.01. The molecule has 0 unspecified atom stereocenters. The van der Waals surface area contributed by atoms with Crippen molar-refractivity contribution in [2.75, 3.05) is 13.2 Å². The van der Waals surface area contributed by atoms with Gasteiger partial charge in [-0.25, -0.2) is 0 Å². The highest BCUT2D eigenvalue weighted by atomic mass is 35.5. The van der Waals surface area contributed by atoms with E-state index in [4.69, 9.17) is 21.1 Å². The molecule has 1 aromatic rings. The second-order valence-corrected chi connectivity index (χ2v) is 6.17. The summed E-state index contributed by atoms with van der Waals surface area (Å²) in [6.45, 7) is 2.88. The van der Waals surface area contributed by atoms with Gasteiger partial charge in [0.05, 0.1) is 26.1 Å². The molecule has 0 aliphatic heterocycles. The summed E-state index contributed by atoms with van der Waals surface area (Å²) >= 11 is 5.89. The molecule has 134 valence electrons. The Hall–Kier alpha value is -1.55. The van der Waals surface area contributed by atoms with E-state index in [1.807, 2.05) is 18.2 Å². The zero-order chi connectivity index (χ0) is 17.6. The Morgan fingerprint density at radius 1 is 0.958 bits per heavy atom. The lowest BCUT2D eigenvalue weighted by molar-refractivity contribution is -0.150. The molecule has 0 N–H and O–H groups in total. The van der Waals surface area contributed by atoms with E-state index in [9.17, 15) is 9.59 Å². The van der Waals surface area contributed by atoms with Crippen LogP contribution in [0.25, 0.3) is 0 Å². The number of halogens is 1. The van der Waals surface area contributed by atoms with Gasteiger partial charge in [-0.1, -0.05) is 56.3 Å². The van der Waals surface area contributed by atoms with Crippen molar-refractivity contribution >= 4 is 23.5 Å². The Balaban J connectivity index is 2.03. The minimum absolute atomic E-state index is 0.0597. The molecule has 24 heavy (non-hydrogen) atoms. The average molecular weight is 355 g/mol. The molecule has 0 saturated carbocycles. The van der Waals surface area contributed by atoms with Gasteiger partial charge in [-0.2, -0.15) is 0 Å². The Morgan fingerprint density at radius 2 is 1.62 bits per heavy atom. The van der Waals surface area contributed by atoms with E-state index < -0.39 is 0 Å². The molecule has 0 fully saturated rings. The van der Waals surface area contributed by atoms with Crippen molar-refractivity contribution in [1.82, 2.24) is 0 Å². The molecule has 0 aliphatic rings. The third-order valence-corrected chi connectivity index (χ3v) is 3.82. The topological polar surface area (TPSA) is 52.6 Å². The normalized spacial score (nSPS) is 10.4. The molecule has 0 atom stereocenters. The van der Waals surface area contributed by atoms with Gasteiger partial charge in [-0.15, -0.1) is 0 Å². The van der Waals surface area contributed by atoms with Gasteiger partial charge in [0.25, 0.3) is 0 Å². The van der Waals surface area contributed by atoms with Crippen LogP contribution in [0.5, 0.6) is 0 Å². The molecule has 0 spiro atoms. The van der Waals surface area contributed by atoms with Crippen LogP contribution in [0.2, 0.25) is 5.02 Å². The first kappa shape index (κ1) is 20.5. The minimum atomic E-state index is -0.378. The fourth-order valence-electron chi connectivity index (χ4n) is 2.22.